The van der Waals surface area contributed by atoms with Crippen LogP contribution in [0.5, 0.6) is 0 Å². The summed E-state index contributed by atoms with van der Waals surface area (Å²) in [5.41, 5.74) is 2.80. The number of rotatable bonds is 8. The third kappa shape index (κ3) is 5.74. The molecule has 9 nitrogen and oxygen atoms in total. The van der Waals surface area contributed by atoms with Crippen LogP contribution in [-0.2, 0) is 30.5 Å². The molecule has 2 saturated heterocycles. The van der Waals surface area contributed by atoms with Crippen LogP contribution in [0.25, 0.3) is 11.2 Å². The zero-order valence-electron chi connectivity index (χ0n) is 23.2. The van der Waals surface area contributed by atoms with Crippen molar-refractivity contribution >= 4 is 38.2 Å². The number of alkyl halides is 2. The fraction of sp³-hybridized carbons (Fsp3) is 0.552. The molecule has 41 heavy (non-hydrogen) atoms. The number of sulfone groups is 1. The molecule has 2 aromatic heterocycles. The number of aromatic nitrogens is 3. The SMILES string of the molecule is Cc1nc2c(Nc3ccc([C@H]4CCCCO4)cc3S(C)(=O)=O)cc(CC(=O)C3CC3(F)F)nc2n1C1CCCCO1. The van der Waals surface area contributed by atoms with E-state index in [2.05, 4.69) is 5.32 Å². The van der Waals surface area contributed by atoms with Crippen molar-refractivity contribution < 1.29 is 31.5 Å². The first-order chi connectivity index (χ1) is 19.5. The Balaban J connectivity index is 1.42. The number of anilines is 2. The van der Waals surface area contributed by atoms with Crippen molar-refractivity contribution in [1.82, 2.24) is 14.5 Å². The van der Waals surface area contributed by atoms with Gasteiger partial charge in [-0.15, -0.1) is 0 Å². The van der Waals surface area contributed by atoms with Gasteiger partial charge in [0.15, 0.2) is 15.5 Å². The second-order valence-corrected chi connectivity index (χ2v) is 13.3. The highest BCUT2D eigenvalue weighted by atomic mass is 32.2. The normalized spacial score (nSPS) is 24.3. The van der Waals surface area contributed by atoms with Crippen molar-refractivity contribution in [3.8, 4) is 0 Å². The maximum Gasteiger partial charge on any atom is 0.258 e. The Morgan fingerprint density at radius 1 is 1.07 bits per heavy atom. The predicted molar refractivity (Wildman–Crippen MR) is 148 cm³/mol. The van der Waals surface area contributed by atoms with Gasteiger partial charge in [0, 0.05) is 32.3 Å². The average Bonchev–Trinajstić information content (AvgIpc) is 3.46. The number of nitrogens with one attached hydrogen (secondary N) is 1. The van der Waals surface area contributed by atoms with E-state index < -0.39 is 33.9 Å². The number of fused-ring (bicyclic) bond motifs is 1. The summed E-state index contributed by atoms with van der Waals surface area (Å²) in [5, 5.41) is 3.23. The van der Waals surface area contributed by atoms with Gasteiger partial charge in [0.25, 0.3) is 5.92 Å². The van der Waals surface area contributed by atoms with Crippen LogP contribution in [-0.4, -0.2) is 54.1 Å². The fourth-order valence-corrected chi connectivity index (χ4v) is 6.71. The smallest absolute Gasteiger partial charge is 0.258 e. The van der Waals surface area contributed by atoms with Crippen LogP contribution in [0.3, 0.4) is 0 Å². The maximum absolute atomic E-state index is 13.7. The Bertz CT molecular complexity index is 1590. The molecule has 0 bridgehead atoms. The number of hydrogen-bond acceptors (Lipinski definition) is 8. The Kier molecular flexibility index (Phi) is 7.36. The van der Waals surface area contributed by atoms with Crippen LogP contribution in [0.4, 0.5) is 20.2 Å². The average molecular weight is 589 g/mol. The van der Waals surface area contributed by atoms with Crippen LogP contribution in [0.1, 0.15) is 74.4 Å². The summed E-state index contributed by atoms with van der Waals surface area (Å²) >= 11 is 0. The first kappa shape index (κ1) is 28.2. The van der Waals surface area contributed by atoms with Gasteiger partial charge < -0.3 is 14.8 Å². The first-order valence-electron chi connectivity index (χ1n) is 14.1. The molecule has 6 rings (SSSR count). The van der Waals surface area contributed by atoms with Gasteiger partial charge in [-0.3, -0.25) is 9.36 Å². The lowest BCUT2D eigenvalue weighted by Gasteiger charge is -2.25. The van der Waals surface area contributed by atoms with E-state index in [9.17, 15) is 22.0 Å². The van der Waals surface area contributed by atoms with E-state index >= 15 is 0 Å². The van der Waals surface area contributed by atoms with Gasteiger partial charge >= 0.3 is 0 Å². The molecule has 3 fully saturated rings. The number of pyridine rings is 1. The molecule has 3 atom stereocenters. The first-order valence-corrected chi connectivity index (χ1v) is 16.0. The molecule has 0 spiro atoms. The van der Waals surface area contributed by atoms with Gasteiger partial charge in [-0.25, -0.2) is 27.2 Å². The molecule has 12 heteroatoms. The van der Waals surface area contributed by atoms with Gasteiger partial charge in [0.2, 0.25) is 0 Å². The van der Waals surface area contributed by atoms with Crippen molar-refractivity contribution in [2.75, 3.05) is 24.8 Å². The summed E-state index contributed by atoms with van der Waals surface area (Å²) in [5.74, 6) is -4.19. The van der Waals surface area contributed by atoms with E-state index in [1.165, 1.54) is 0 Å². The molecular formula is C29H34F2N4O5S. The zero-order valence-corrected chi connectivity index (χ0v) is 24.0. The molecule has 0 radical (unpaired) electrons. The highest BCUT2D eigenvalue weighted by Gasteiger charge is 2.60. The molecule has 3 aromatic rings. The maximum atomic E-state index is 13.7. The monoisotopic (exact) mass is 588 g/mol. The number of hydrogen-bond donors (Lipinski definition) is 1. The summed E-state index contributed by atoms with van der Waals surface area (Å²) < 4.78 is 66.9. The Morgan fingerprint density at radius 3 is 2.44 bits per heavy atom. The minimum absolute atomic E-state index is 0.108. The summed E-state index contributed by atoms with van der Waals surface area (Å²) in [6.45, 7) is 3.06. The number of carbonyl (C=O) groups is 1. The van der Waals surface area contributed by atoms with Crippen molar-refractivity contribution in [3.63, 3.8) is 0 Å². The Labute approximate surface area is 237 Å². The minimum Gasteiger partial charge on any atom is -0.374 e. The second kappa shape index (κ2) is 10.7. The molecule has 220 valence electrons. The number of Topliss-reactive ketones (excluding diaryl/α,β-unsaturated/α-hetero) is 1. The third-order valence-corrected chi connectivity index (χ3v) is 9.25. The van der Waals surface area contributed by atoms with E-state index in [-0.39, 0.29) is 23.6 Å². The standard InChI is InChI=1S/C29H34F2N4O5S/c1-17-32-27-22(34-21-10-9-18(13-25(21)41(2,37)38)24-7-3-5-11-39-24)14-19(15-23(36)20-16-29(20,30)31)33-28(27)35(17)26-8-4-6-12-40-26/h9-10,13-14,20,24,26H,3-8,11-12,15-16H2,1-2H3,(H,33,34)/t20?,24-,26?/m1/s1. The predicted octanol–water partition coefficient (Wildman–Crippen LogP) is 5.59. The van der Waals surface area contributed by atoms with E-state index in [1.807, 2.05) is 17.6 Å². The van der Waals surface area contributed by atoms with Crippen LogP contribution >= 0.6 is 0 Å². The second-order valence-electron chi connectivity index (χ2n) is 11.4. The number of nitrogens with zero attached hydrogens (tertiary/aromatic N) is 3. The molecule has 0 amide bonds. The van der Waals surface area contributed by atoms with E-state index in [1.54, 1.807) is 18.2 Å². The summed E-state index contributed by atoms with van der Waals surface area (Å²) in [6.07, 6.45) is 5.47. The number of aryl methyl sites for hydroxylation is 1. The zero-order chi connectivity index (χ0) is 28.9. The van der Waals surface area contributed by atoms with Crippen molar-refractivity contribution in [2.45, 2.75) is 81.4 Å². The van der Waals surface area contributed by atoms with Gasteiger partial charge in [0.05, 0.1) is 34.0 Å². The van der Waals surface area contributed by atoms with Crippen molar-refractivity contribution in [1.29, 1.82) is 0 Å². The quantitative estimate of drug-likeness (QED) is 0.362. The molecule has 1 aromatic carbocycles. The topological polar surface area (TPSA) is 112 Å². The van der Waals surface area contributed by atoms with Gasteiger partial charge in [-0.1, -0.05) is 6.07 Å². The lowest BCUT2D eigenvalue weighted by Crippen LogP contribution is -2.20. The fourth-order valence-electron chi connectivity index (χ4n) is 5.84. The lowest BCUT2D eigenvalue weighted by atomic mass is 10.0. The van der Waals surface area contributed by atoms with Crippen LogP contribution in [0, 0.1) is 12.8 Å². The van der Waals surface area contributed by atoms with Crippen molar-refractivity contribution in [3.05, 3.63) is 41.3 Å². The van der Waals surface area contributed by atoms with Gasteiger partial charge in [-0.2, -0.15) is 0 Å². The molecule has 1 saturated carbocycles. The Hall–Kier alpha value is -2.96. The Morgan fingerprint density at radius 2 is 1.80 bits per heavy atom. The molecule has 4 heterocycles. The van der Waals surface area contributed by atoms with Gasteiger partial charge in [0.1, 0.15) is 23.4 Å². The molecule has 2 unspecified atom stereocenters. The molecule has 3 aliphatic rings. The molecule has 2 aliphatic heterocycles. The molecule has 1 aliphatic carbocycles. The number of carbonyl (C=O) groups excluding carboxylic acids is 1. The van der Waals surface area contributed by atoms with Crippen LogP contribution in [0.15, 0.2) is 29.2 Å². The van der Waals surface area contributed by atoms with E-state index in [4.69, 9.17) is 19.4 Å². The third-order valence-electron chi connectivity index (χ3n) is 8.12. The summed E-state index contributed by atoms with van der Waals surface area (Å²) in [4.78, 5) is 22.2. The van der Waals surface area contributed by atoms with Crippen LogP contribution < -0.4 is 5.32 Å². The number of halogens is 2. The minimum atomic E-state index is -3.65. The lowest BCUT2D eigenvalue weighted by molar-refractivity contribution is -0.121. The number of ether oxygens (including phenoxy) is 2. The number of ketones is 1. The summed E-state index contributed by atoms with van der Waals surface area (Å²) in [7, 11) is -3.65. The van der Waals surface area contributed by atoms with E-state index in [0.29, 0.717) is 47.3 Å². The summed E-state index contributed by atoms with van der Waals surface area (Å²) in [6, 6.07) is 6.80. The van der Waals surface area contributed by atoms with Crippen LogP contribution in [0.2, 0.25) is 0 Å². The largest absolute Gasteiger partial charge is 0.374 e. The molecule has 1 N–H and O–H groups in total. The number of imidazole rings is 1. The highest BCUT2D eigenvalue weighted by molar-refractivity contribution is 7.90. The molecular weight excluding hydrogens is 554 g/mol. The number of benzene rings is 1. The highest BCUT2D eigenvalue weighted by Crippen LogP contribution is 2.49. The van der Waals surface area contributed by atoms with Gasteiger partial charge in [-0.05, 0) is 69.2 Å². The van der Waals surface area contributed by atoms with Crippen molar-refractivity contribution in [2.24, 2.45) is 5.92 Å². The van der Waals surface area contributed by atoms with E-state index in [0.717, 1.165) is 50.3 Å².